The van der Waals surface area contributed by atoms with Gasteiger partial charge in [0.05, 0.1) is 11.9 Å². The van der Waals surface area contributed by atoms with Crippen LogP contribution in [0.15, 0.2) is 42.5 Å². The normalized spacial score (nSPS) is 12.3. The summed E-state index contributed by atoms with van der Waals surface area (Å²) in [5, 5.41) is 3.39. The summed E-state index contributed by atoms with van der Waals surface area (Å²) in [7, 11) is -3.79. The number of hydrogen-bond acceptors (Lipinski definition) is 4. The maximum atomic E-state index is 13.7. The number of carbonyl (C=O) groups is 2. The average molecular weight is 522 g/mol. The summed E-state index contributed by atoms with van der Waals surface area (Å²) < 4.78 is 26.5. The van der Waals surface area contributed by atoms with E-state index in [0.29, 0.717) is 29.2 Å². The van der Waals surface area contributed by atoms with Gasteiger partial charge in [0.15, 0.2) is 0 Å². The number of carbonyl (C=O) groups excluding carboxylic acids is 2. The van der Waals surface area contributed by atoms with Crippen LogP contribution in [0.3, 0.4) is 0 Å². The number of amides is 2. The molecule has 0 aliphatic carbocycles. The van der Waals surface area contributed by atoms with Crippen LogP contribution >= 0.6 is 11.6 Å². The van der Waals surface area contributed by atoms with Crippen LogP contribution in [0.25, 0.3) is 0 Å². The number of anilines is 1. The van der Waals surface area contributed by atoms with Gasteiger partial charge in [-0.05, 0) is 55.5 Å². The van der Waals surface area contributed by atoms with Crippen molar-refractivity contribution in [3.05, 3.63) is 64.2 Å². The Kier molecular flexibility index (Phi) is 10.2. The van der Waals surface area contributed by atoms with Crippen molar-refractivity contribution in [3.63, 3.8) is 0 Å². The zero-order valence-electron chi connectivity index (χ0n) is 21.3. The Bertz CT molecular complexity index is 1150. The van der Waals surface area contributed by atoms with Gasteiger partial charge in [-0.2, -0.15) is 0 Å². The maximum absolute atomic E-state index is 13.7. The largest absolute Gasteiger partial charge is 0.354 e. The highest BCUT2D eigenvalue weighted by Crippen LogP contribution is 2.26. The topological polar surface area (TPSA) is 86.8 Å². The number of nitrogens with one attached hydrogen (secondary N) is 1. The minimum absolute atomic E-state index is 0.186. The lowest BCUT2D eigenvalue weighted by Gasteiger charge is -2.33. The Morgan fingerprint density at radius 3 is 2.31 bits per heavy atom. The summed E-state index contributed by atoms with van der Waals surface area (Å²) in [6.45, 7) is 9.77. The molecule has 0 aliphatic rings. The van der Waals surface area contributed by atoms with Crippen LogP contribution in [0.5, 0.6) is 0 Å². The summed E-state index contributed by atoms with van der Waals surface area (Å²) in [5.41, 5.74) is 2.89. The molecule has 0 saturated carbocycles. The summed E-state index contributed by atoms with van der Waals surface area (Å²) in [5.74, 6) is -0.459. The molecule has 0 aliphatic heterocycles. The minimum Gasteiger partial charge on any atom is -0.354 e. The highest BCUT2D eigenvalue weighted by atomic mass is 35.5. The number of aryl methyl sites for hydroxylation is 2. The molecule has 0 unspecified atom stereocenters. The van der Waals surface area contributed by atoms with Crippen molar-refractivity contribution in [2.75, 3.05) is 23.7 Å². The van der Waals surface area contributed by atoms with Gasteiger partial charge >= 0.3 is 0 Å². The molecule has 0 heterocycles. The lowest BCUT2D eigenvalue weighted by Crippen LogP contribution is -2.52. The van der Waals surface area contributed by atoms with E-state index in [9.17, 15) is 18.0 Å². The third-order valence-corrected chi connectivity index (χ3v) is 6.97. The van der Waals surface area contributed by atoms with Gasteiger partial charge < -0.3 is 10.2 Å². The van der Waals surface area contributed by atoms with Crippen molar-refractivity contribution in [2.45, 2.75) is 53.6 Å². The van der Waals surface area contributed by atoms with Crippen LogP contribution in [0.4, 0.5) is 5.69 Å². The van der Waals surface area contributed by atoms with Gasteiger partial charge in [0.25, 0.3) is 0 Å². The second-order valence-electron chi connectivity index (χ2n) is 9.27. The molecule has 2 amide bonds. The van der Waals surface area contributed by atoms with Gasteiger partial charge in [-0.1, -0.05) is 62.2 Å². The molecular weight excluding hydrogens is 486 g/mol. The molecule has 9 heteroatoms. The third kappa shape index (κ3) is 8.25. The Hall–Kier alpha value is -2.58. The van der Waals surface area contributed by atoms with E-state index in [1.165, 1.54) is 4.90 Å². The molecule has 2 aromatic carbocycles. The number of halogens is 1. The van der Waals surface area contributed by atoms with Crippen molar-refractivity contribution in [1.82, 2.24) is 10.2 Å². The molecule has 35 heavy (non-hydrogen) atoms. The summed E-state index contributed by atoms with van der Waals surface area (Å²) in [6, 6.07) is 11.8. The molecule has 0 aromatic heterocycles. The van der Waals surface area contributed by atoms with E-state index in [0.717, 1.165) is 21.7 Å². The van der Waals surface area contributed by atoms with Gasteiger partial charge in [0.2, 0.25) is 21.8 Å². The number of rotatable bonds is 11. The standard InChI is InChI=1S/C26H36ClN3O4S/c1-7-23(26(32)28-15-18(2)3)29(16-21-10-8-9-19(4)13-21)25(31)17-30(35(6,33)34)24-12-11-22(27)14-20(24)5/h8-14,18,23H,7,15-17H2,1-6H3,(H,28,32)/t23-/m1/s1. The average Bonchev–Trinajstić information content (AvgIpc) is 2.75. The van der Waals surface area contributed by atoms with E-state index >= 15 is 0 Å². The van der Waals surface area contributed by atoms with Gasteiger partial charge in [-0.15, -0.1) is 0 Å². The fourth-order valence-corrected chi connectivity index (χ4v) is 4.98. The summed E-state index contributed by atoms with van der Waals surface area (Å²) in [6.07, 6.45) is 1.45. The Labute approximate surface area is 214 Å². The Morgan fingerprint density at radius 2 is 1.77 bits per heavy atom. The number of nitrogens with zero attached hydrogens (tertiary/aromatic N) is 2. The van der Waals surface area contributed by atoms with Gasteiger partial charge in [-0.3, -0.25) is 13.9 Å². The summed E-state index contributed by atoms with van der Waals surface area (Å²) in [4.78, 5) is 28.3. The van der Waals surface area contributed by atoms with Crippen molar-refractivity contribution in [3.8, 4) is 0 Å². The van der Waals surface area contributed by atoms with E-state index in [4.69, 9.17) is 11.6 Å². The van der Waals surface area contributed by atoms with E-state index in [2.05, 4.69) is 5.32 Å². The van der Waals surface area contributed by atoms with E-state index in [1.807, 2.05) is 52.0 Å². The Balaban J connectivity index is 2.45. The van der Waals surface area contributed by atoms with E-state index in [1.54, 1.807) is 25.1 Å². The molecule has 192 valence electrons. The highest BCUT2D eigenvalue weighted by Gasteiger charge is 2.32. The minimum atomic E-state index is -3.79. The predicted octanol–water partition coefficient (Wildman–Crippen LogP) is 4.30. The van der Waals surface area contributed by atoms with Crippen LogP contribution in [-0.2, 0) is 26.2 Å². The first-order valence-electron chi connectivity index (χ1n) is 11.7. The lowest BCUT2D eigenvalue weighted by atomic mass is 10.1. The van der Waals surface area contributed by atoms with E-state index in [-0.39, 0.29) is 18.4 Å². The van der Waals surface area contributed by atoms with Crippen molar-refractivity contribution >= 4 is 39.1 Å². The van der Waals surface area contributed by atoms with Crippen LogP contribution in [0, 0.1) is 19.8 Å². The van der Waals surface area contributed by atoms with Crippen molar-refractivity contribution in [2.24, 2.45) is 5.92 Å². The van der Waals surface area contributed by atoms with Gasteiger partial charge in [0.1, 0.15) is 12.6 Å². The molecule has 0 saturated heterocycles. The number of sulfonamides is 1. The molecular formula is C26H36ClN3O4S. The van der Waals surface area contributed by atoms with Crippen LogP contribution in [0.2, 0.25) is 5.02 Å². The first kappa shape index (κ1) is 28.7. The molecule has 1 N–H and O–H groups in total. The zero-order valence-corrected chi connectivity index (χ0v) is 22.9. The van der Waals surface area contributed by atoms with Crippen molar-refractivity contribution < 1.29 is 18.0 Å². The van der Waals surface area contributed by atoms with Gasteiger partial charge in [-0.25, -0.2) is 8.42 Å². The smallest absolute Gasteiger partial charge is 0.244 e. The Morgan fingerprint density at radius 1 is 1.09 bits per heavy atom. The van der Waals surface area contributed by atoms with Gasteiger partial charge in [0, 0.05) is 18.1 Å². The number of hydrogen-bond donors (Lipinski definition) is 1. The molecule has 0 radical (unpaired) electrons. The molecule has 1 atom stereocenters. The second kappa shape index (κ2) is 12.4. The second-order valence-corrected chi connectivity index (χ2v) is 11.6. The molecule has 2 rings (SSSR count). The molecule has 0 spiro atoms. The van der Waals surface area contributed by atoms with Crippen LogP contribution in [-0.4, -0.2) is 50.5 Å². The SMILES string of the molecule is CC[C@H](C(=O)NCC(C)C)N(Cc1cccc(C)c1)C(=O)CN(c1ccc(Cl)cc1C)S(C)(=O)=O. The quantitative estimate of drug-likeness (QED) is 0.477. The van der Waals surface area contributed by atoms with Crippen LogP contribution in [0.1, 0.15) is 43.9 Å². The van der Waals surface area contributed by atoms with E-state index < -0.39 is 28.5 Å². The zero-order chi connectivity index (χ0) is 26.3. The van der Waals surface area contributed by atoms with Crippen LogP contribution < -0.4 is 9.62 Å². The fraction of sp³-hybridized carbons (Fsp3) is 0.462. The monoisotopic (exact) mass is 521 g/mol. The molecule has 0 fully saturated rings. The van der Waals surface area contributed by atoms with Crippen molar-refractivity contribution in [1.29, 1.82) is 0 Å². The lowest BCUT2D eigenvalue weighted by molar-refractivity contribution is -0.140. The molecule has 2 aromatic rings. The molecule has 0 bridgehead atoms. The summed E-state index contributed by atoms with van der Waals surface area (Å²) >= 11 is 6.05. The predicted molar refractivity (Wildman–Crippen MR) is 142 cm³/mol. The first-order valence-corrected chi connectivity index (χ1v) is 13.9. The third-order valence-electron chi connectivity index (χ3n) is 5.61. The molecule has 7 nitrogen and oxygen atoms in total. The maximum Gasteiger partial charge on any atom is 0.244 e. The highest BCUT2D eigenvalue weighted by molar-refractivity contribution is 7.92. The number of benzene rings is 2. The first-order chi connectivity index (χ1) is 16.3. The fourth-order valence-electron chi connectivity index (χ4n) is 3.84.